The maximum atomic E-state index is 10.0. The molecule has 2 fully saturated rings. The zero-order valence-corrected chi connectivity index (χ0v) is 13.3. The topological polar surface area (TPSA) is 78.5 Å². The first-order chi connectivity index (χ1) is 11.1. The Hall–Kier alpha value is -2.34. The Morgan fingerprint density at radius 3 is 2.52 bits per heavy atom. The van der Waals surface area contributed by atoms with E-state index in [-0.39, 0.29) is 5.75 Å². The second kappa shape index (κ2) is 5.09. The highest BCUT2D eigenvalue weighted by Crippen LogP contribution is 2.49. The van der Waals surface area contributed by atoms with E-state index < -0.39 is 0 Å². The Morgan fingerprint density at radius 1 is 1.17 bits per heavy atom. The number of nitrogens with two attached hydrogens (primary N) is 1. The SMILES string of the molecule is CN(C)C1C2CN(c3cc(-c4ccccc4O)nnc3N)CC21. The number of aromatic nitrogens is 2. The number of para-hydroxylation sites is 1. The highest BCUT2D eigenvalue weighted by Gasteiger charge is 2.57. The molecule has 23 heavy (non-hydrogen) atoms. The van der Waals surface area contributed by atoms with Gasteiger partial charge < -0.3 is 20.6 Å². The molecule has 2 atom stereocenters. The van der Waals surface area contributed by atoms with Crippen LogP contribution in [0.1, 0.15) is 0 Å². The lowest BCUT2D eigenvalue weighted by molar-refractivity contribution is 0.357. The fourth-order valence-electron chi connectivity index (χ4n) is 3.92. The minimum absolute atomic E-state index is 0.203. The first-order valence-corrected chi connectivity index (χ1v) is 7.89. The van der Waals surface area contributed by atoms with E-state index in [9.17, 15) is 5.11 Å². The van der Waals surface area contributed by atoms with Gasteiger partial charge in [0.15, 0.2) is 5.82 Å². The lowest BCUT2D eigenvalue weighted by atomic mass is 10.1. The summed E-state index contributed by atoms with van der Waals surface area (Å²) in [5.41, 5.74) is 8.30. The van der Waals surface area contributed by atoms with Crippen LogP contribution in [0.2, 0.25) is 0 Å². The van der Waals surface area contributed by atoms with Gasteiger partial charge in [0, 0.05) is 24.7 Å². The molecule has 4 rings (SSSR count). The summed E-state index contributed by atoms with van der Waals surface area (Å²) in [4.78, 5) is 4.61. The zero-order valence-electron chi connectivity index (χ0n) is 13.3. The summed E-state index contributed by atoms with van der Waals surface area (Å²) in [7, 11) is 4.29. The first-order valence-electron chi connectivity index (χ1n) is 7.89. The predicted octanol–water partition coefficient (Wildman–Crippen LogP) is 1.43. The summed E-state index contributed by atoms with van der Waals surface area (Å²) in [5, 5.41) is 18.3. The Balaban J connectivity index is 1.61. The summed E-state index contributed by atoms with van der Waals surface area (Å²) in [6.45, 7) is 2.01. The van der Waals surface area contributed by atoms with Gasteiger partial charge in [-0.25, -0.2) is 0 Å². The zero-order chi connectivity index (χ0) is 16.1. The molecule has 1 aliphatic carbocycles. The fraction of sp³-hybridized carbons (Fsp3) is 0.412. The smallest absolute Gasteiger partial charge is 0.169 e. The molecule has 6 heteroatoms. The maximum absolute atomic E-state index is 10.0. The molecule has 0 amide bonds. The second-order valence-corrected chi connectivity index (χ2v) is 6.70. The van der Waals surface area contributed by atoms with E-state index in [1.165, 1.54) is 0 Å². The number of phenolic OH excluding ortho intramolecular Hbond substituents is 1. The second-order valence-electron chi connectivity index (χ2n) is 6.70. The van der Waals surface area contributed by atoms with Crippen LogP contribution in [-0.4, -0.2) is 53.4 Å². The standard InChI is InChI=1S/C17H21N5O/c1-21(2)16-11-8-22(9-12(11)16)14-7-13(19-20-17(14)18)10-5-3-4-6-15(10)23/h3-7,11-12,16,23H,8-9H2,1-2H3,(H2,18,20). The highest BCUT2D eigenvalue weighted by molar-refractivity contribution is 5.74. The van der Waals surface area contributed by atoms with Gasteiger partial charge in [0.1, 0.15) is 5.75 Å². The van der Waals surface area contributed by atoms with Crippen molar-refractivity contribution < 1.29 is 5.11 Å². The van der Waals surface area contributed by atoms with Crippen molar-refractivity contribution in [2.24, 2.45) is 11.8 Å². The summed E-state index contributed by atoms with van der Waals surface area (Å²) in [6, 6.07) is 9.79. The number of rotatable bonds is 3. The molecule has 1 aromatic carbocycles. The van der Waals surface area contributed by atoms with Crippen LogP contribution in [0.4, 0.5) is 11.5 Å². The van der Waals surface area contributed by atoms with Crippen LogP contribution in [0.25, 0.3) is 11.3 Å². The normalized spacial score (nSPS) is 25.7. The number of aromatic hydroxyl groups is 1. The lowest BCUT2D eigenvalue weighted by Gasteiger charge is -2.25. The molecule has 2 aliphatic rings. The molecule has 0 spiro atoms. The molecule has 6 nitrogen and oxygen atoms in total. The van der Waals surface area contributed by atoms with Crippen molar-refractivity contribution in [1.29, 1.82) is 0 Å². The molecule has 120 valence electrons. The molecule has 1 aromatic heterocycles. The van der Waals surface area contributed by atoms with E-state index in [2.05, 4.69) is 34.1 Å². The third-order valence-corrected chi connectivity index (χ3v) is 5.07. The van der Waals surface area contributed by atoms with Crippen LogP contribution in [0.15, 0.2) is 30.3 Å². The maximum Gasteiger partial charge on any atom is 0.169 e. The van der Waals surface area contributed by atoms with Crippen LogP contribution in [0.3, 0.4) is 0 Å². The predicted molar refractivity (Wildman–Crippen MR) is 90.2 cm³/mol. The summed E-state index contributed by atoms with van der Waals surface area (Å²) >= 11 is 0. The van der Waals surface area contributed by atoms with E-state index in [1.807, 2.05) is 18.2 Å². The van der Waals surface area contributed by atoms with Gasteiger partial charge in [-0.15, -0.1) is 10.2 Å². The number of benzene rings is 1. The van der Waals surface area contributed by atoms with Crippen LogP contribution >= 0.6 is 0 Å². The van der Waals surface area contributed by atoms with Crippen LogP contribution in [0, 0.1) is 11.8 Å². The van der Waals surface area contributed by atoms with E-state index in [0.717, 1.165) is 18.8 Å². The number of nitrogens with zero attached hydrogens (tertiary/aromatic N) is 4. The Labute approximate surface area is 135 Å². The number of nitrogen functional groups attached to an aromatic ring is 1. The molecule has 1 saturated heterocycles. The Morgan fingerprint density at radius 2 is 1.87 bits per heavy atom. The van der Waals surface area contributed by atoms with Gasteiger partial charge in [-0.3, -0.25) is 0 Å². The van der Waals surface area contributed by atoms with Crippen molar-refractivity contribution in [1.82, 2.24) is 15.1 Å². The van der Waals surface area contributed by atoms with E-state index in [1.54, 1.807) is 12.1 Å². The van der Waals surface area contributed by atoms with Crippen LogP contribution < -0.4 is 10.6 Å². The van der Waals surface area contributed by atoms with Gasteiger partial charge in [0.2, 0.25) is 0 Å². The third kappa shape index (κ3) is 2.30. The van der Waals surface area contributed by atoms with Gasteiger partial charge >= 0.3 is 0 Å². The number of piperidine rings is 1. The minimum Gasteiger partial charge on any atom is -0.507 e. The molecule has 2 aromatic rings. The van der Waals surface area contributed by atoms with Gasteiger partial charge in [-0.1, -0.05) is 12.1 Å². The van der Waals surface area contributed by atoms with Crippen molar-refractivity contribution >= 4 is 11.5 Å². The van der Waals surface area contributed by atoms with Crippen molar-refractivity contribution in [2.75, 3.05) is 37.8 Å². The number of hydrogen-bond donors (Lipinski definition) is 2. The summed E-state index contributed by atoms with van der Waals surface area (Å²) in [6.07, 6.45) is 0. The van der Waals surface area contributed by atoms with Crippen LogP contribution in [-0.2, 0) is 0 Å². The number of phenols is 1. The lowest BCUT2D eigenvalue weighted by Crippen LogP contribution is -2.31. The summed E-state index contributed by atoms with van der Waals surface area (Å²) < 4.78 is 0. The van der Waals surface area contributed by atoms with E-state index in [4.69, 9.17) is 5.73 Å². The molecule has 1 saturated carbocycles. The van der Waals surface area contributed by atoms with Crippen LogP contribution in [0.5, 0.6) is 5.75 Å². The number of hydrogen-bond acceptors (Lipinski definition) is 6. The fourth-order valence-corrected chi connectivity index (χ4v) is 3.92. The molecule has 0 radical (unpaired) electrons. The van der Waals surface area contributed by atoms with Gasteiger partial charge in [-0.2, -0.15) is 0 Å². The Kier molecular flexibility index (Phi) is 3.16. The highest BCUT2D eigenvalue weighted by atomic mass is 16.3. The average Bonchev–Trinajstić information content (AvgIpc) is 3.05. The van der Waals surface area contributed by atoms with Gasteiger partial charge in [0.25, 0.3) is 0 Å². The van der Waals surface area contributed by atoms with Crippen molar-refractivity contribution in [3.63, 3.8) is 0 Å². The Bertz CT molecular complexity index is 736. The van der Waals surface area contributed by atoms with Gasteiger partial charge in [0.05, 0.1) is 11.4 Å². The molecular formula is C17H21N5O. The molecular weight excluding hydrogens is 290 g/mol. The number of fused-ring (bicyclic) bond motifs is 1. The third-order valence-electron chi connectivity index (χ3n) is 5.07. The van der Waals surface area contributed by atoms with Crippen molar-refractivity contribution in [3.05, 3.63) is 30.3 Å². The largest absolute Gasteiger partial charge is 0.507 e. The molecule has 1 aliphatic heterocycles. The first kappa shape index (κ1) is 14.3. The van der Waals surface area contributed by atoms with E-state index in [0.29, 0.717) is 35.0 Å². The molecule has 2 unspecified atom stereocenters. The number of anilines is 2. The quantitative estimate of drug-likeness (QED) is 0.893. The monoisotopic (exact) mass is 311 g/mol. The summed E-state index contributed by atoms with van der Waals surface area (Å²) in [5.74, 6) is 2.08. The van der Waals surface area contributed by atoms with Crippen molar-refractivity contribution in [2.45, 2.75) is 6.04 Å². The minimum atomic E-state index is 0.203. The molecule has 2 heterocycles. The van der Waals surface area contributed by atoms with Crippen molar-refractivity contribution in [3.8, 4) is 17.0 Å². The van der Waals surface area contributed by atoms with Gasteiger partial charge in [-0.05, 0) is 44.1 Å². The van der Waals surface area contributed by atoms with E-state index >= 15 is 0 Å². The molecule has 3 N–H and O–H groups in total. The average molecular weight is 311 g/mol. The molecule has 0 bridgehead atoms.